The first kappa shape index (κ1) is 25.4. The average molecular weight is 606 g/mol. The third-order valence-corrected chi connectivity index (χ3v) is 10.1. The zero-order valence-electron chi connectivity index (χ0n) is 24.4. The lowest BCUT2D eigenvalue weighted by atomic mass is 9.98. The maximum atomic E-state index is 6.68. The largest absolute Gasteiger partial charge is 0.455 e. The van der Waals surface area contributed by atoms with Gasteiger partial charge in [0.1, 0.15) is 11.2 Å². The highest BCUT2D eigenvalue weighted by atomic mass is 32.1. The van der Waals surface area contributed by atoms with Crippen LogP contribution in [0.4, 0.5) is 0 Å². The molecule has 0 N–H and O–H groups in total. The van der Waals surface area contributed by atoms with Crippen molar-refractivity contribution >= 4 is 75.0 Å². The highest BCUT2D eigenvalue weighted by molar-refractivity contribution is 7.25. The zero-order chi connectivity index (χ0) is 30.2. The van der Waals surface area contributed by atoms with Gasteiger partial charge in [-0.15, -0.1) is 11.3 Å². The van der Waals surface area contributed by atoms with Gasteiger partial charge in [0, 0.05) is 53.0 Å². The van der Waals surface area contributed by atoms with Gasteiger partial charge in [0.15, 0.2) is 17.5 Å². The quantitative estimate of drug-likeness (QED) is 0.188. The van der Waals surface area contributed by atoms with E-state index in [0.29, 0.717) is 17.5 Å². The van der Waals surface area contributed by atoms with Crippen LogP contribution in [0, 0.1) is 0 Å². The Morgan fingerprint density at radius 3 is 2.07 bits per heavy atom. The molecule has 0 bridgehead atoms. The van der Waals surface area contributed by atoms with Gasteiger partial charge in [-0.05, 0) is 52.6 Å². The van der Waals surface area contributed by atoms with E-state index in [1.165, 1.54) is 30.9 Å². The highest BCUT2D eigenvalue weighted by Crippen LogP contribution is 2.42. The van der Waals surface area contributed by atoms with Crippen LogP contribution in [0.3, 0.4) is 0 Å². The van der Waals surface area contributed by atoms with Crippen molar-refractivity contribution in [2.24, 2.45) is 0 Å². The molecule has 7 aromatic carbocycles. The second-order valence-corrected chi connectivity index (χ2v) is 12.7. The summed E-state index contributed by atoms with van der Waals surface area (Å²) in [4.78, 5) is 15.3. The number of rotatable bonds is 3. The molecule has 4 nitrogen and oxygen atoms in total. The fourth-order valence-electron chi connectivity index (χ4n) is 6.76. The van der Waals surface area contributed by atoms with E-state index in [9.17, 15) is 0 Å². The highest BCUT2D eigenvalue weighted by Gasteiger charge is 2.20. The Morgan fingerprint density at radius 2 is 1.15 bits per heavy atom. The summed E-state index contributed by atoms with van der Waals surface area (Å²) in [5.41, 5.74) is 4.50. The van der Waals surface area contributed by atoms with Crippen molar-refractivity contribution in [1.29, 1.82) is 0 Å². The molecule has 0 saturated carbocycles. The Hall–Kier alpha value is -5.91. The molecule has 0 saturated heterocycles. The van der Waals surface area contributed by atoms with E-state index < -0.39 is 0 Å². The van der Waals surface area contributed by atoms with Gasteiger partial charge in [-0.3, -0.25) is 0 Å². The standard InChI is InChI=1S/C41H23N3OS/c1-2-10-26(11-3-1)39-42-40(27-20-22-35-32(23-27)29-13-6-7-16-34(29)46-35)44-41(43-39)31-14-8-15-33-37(31)30-21-19-25-18-17-24-9-4-5-12-28(24)36(25)38(30)45-33/h1-23H. The summed E-state index contributed by atoms with van der Waals surface area (Å²) >= 11 is 1.81. The Labute approximate surface area is 267 Å². The molecule has 0 fully saturated rings. The third-order valence-electron chi connectivity index (χ3n) is 8.91. The van der Waals surface area contributed by atoms with Crippen molar-refractivity contribution in [3.63, 3.8) is 0 Å². The SMILES string of the molecule is c1ccc(-c2nc(-c3ccc4sc5ccccc5c4c3)nc(-c3cccc4oc5c(ccc6ccc7ccccc7c65)c34)n2)cc1. The van der Waals surface area contributed by atoms with Crippen LogP contribution >= 0.6 is 11.3 Å². The number of furan rings is 1. The van der Waals surface area contributed by atoms with Gasteiger partial charge in [-0.1, -0.05) is 103 Å². The van der Waals surface area contributed by atoms with Crippen LogP contribution in [-0.4, -0.2) is 15.0 Å². The van der Waals surface area contributed by atoms with Crippen LogP contribution in [0.5, 0.6) is 0 Å². The molecule has 10 aromatic rings. The predicted octanol–water partition coefficient (Wildman–Crippen LogP) is 11.4. The van der Waals surface area contributed by atoms with Crippen LogP contribution in [0.2, 0.25) is 0 Å². The number of thiophene rings is 1. The van der Waals surface area contributed by atoms with Crippen molar-refractivity contribution in [3.05, 3.63) is 140 Å². The lowest BCUT2D eigenvalue weighted by Gasteiger charge is -2.09. The number of hydrogen-bond acceptors (Lipinski definition) is 5. The molecule has 214 valence electrons. The fourth-order valence-corrected chi connectivity index (χ4v) is 7.85. The number of nitrogens with zero attached hydrogens (tertiary/aromatic N) is 3. The Morgan fingerprint density at radius 1 is 0.435 bits per heavy atom. The number of aromatic nitrogens is 3. The minimum absolute atomic E-state index is 0.616. The minimum Gasteiger partial charge on any atom is -0.455 e. The maximum Gasteiger partial charge on any atom is 0.164 e. The minimum atomic E-state index is 0.616. The lowest BCUT2D eigenvalue weighted by Crippen LogP contribution is -2.00. The molecule has 3 heterocycles. The van der Waals surface area contributed by atoms with E-state index in [4.69, 9.17) is 19.4 Å². The predicted molar refractivity (Wildman–Crippen MR) is 191 cm³/mol. The molecular weight excluding hydrogens is 583 g/mol. The van der Waals surface area contributed by atoms with E-state index in [2.05, 4.69) is 97.1 Å². The van der Waals surface area contributed by atoms with Gasteiger partial charge < -0.3 is 4.42 Å². The lowest BCUT2D eigenvalue weighted by molar-refractivity contribution is 0.673. The zero-order valence-corrected chi connectivity index (χ0v) is 25.3. The topological polar surface area (TPSA) is 51.8 Å². The van der Waals surface area contributed by atoms with Crippen molar-refractivity contribution < 1.29 is 4.42 Å². The van der Waals surface area contributed by atoms with Crippen LogP contribution in [0.15, 0.2) is 144 Å². The second-order valence-electron chi connectivity index (χ2n) is 11.6. The van der Waals surface area contributed by atoms with Crippen molar-refractivity contribution in [2.75, 3.05) is 0 Å². The molecule has 5 heteroatoms. The summed E-state index contributed by atoms with van der Waals surface area (Å²) < 4.78 is 9.20. The number of fused-ring (bicyclic) bond motifs is 10. The Bertz CT molecular complexity index is 2820. The van der Waals surface area contributed by atoms with E-state index >= 15 is 0 Å². The molecule has 3 aromatic heterocycles. The Balaban J connectivity index is 1.25. The Kier molecular flexibility index (Phi) is 5.41. The first-order valence-electron chi connectivity index (χ1n) is 15.3. The fraction of sp³-hybridized carbons (Fsp3) is 0. The third kappa shape index (κ3) is 3.82. The van der Waals surface area contributed by atoms with E-state index in [1.807, 2.05) is 42.5 Å². The summed E-state index contributed by atoms with van der Waals surface area (Å²) in [7, 11) is 0. The van der Waals surface area contributed by atoms with Crippen LogP contribution in [0.1, 0.15) is 0 Å². The van der Waals surface area contributed by atoms with Gasteiger partial charge in [-0.25, -0.2) is 15.0 Å². The molecule has 0 aliphatic rings. The monoisotopic (exact) mass is 605 g/mol. The smallest absolute Gasteiger partial charge is 0.164 e. The van der Waals surface area contributed by atoms with Gasteiger partial charge in [0.05, 0.1) is 0 Å². The van der Waals surface area contributed by atoms with E-state index in [-0.39, 0.29) is 0 Å². The van der Waals surface area contributed by atoms with Crippen molar-refractivity contribution in [3.8, 4) is 34.2 Å². The van der Waals surface area contributed by atoms with Crippen molar-refractivity contribution in [1.82, 2.24) is 15.0 Å². The van der Waals surface area contributed by atoms with Gasteiger partial charge >= 0.3 is 0 Å². The molecule has 0 radical (unpaired) electrons. The maximum absolute atomic E-state index is 6.68. The van der Waals surface area contributed by atoms with Crippen LogP contribution in [-0.2, 0) is 0 Å². The summed E-state index contributed by atoms with van der Waals surface area (Å²) in [6.45, 7) is 0. The van der Waals surface area contributed by atoms with Crippen LogP contribution < -0.4 is 0 Å². The van der Waals surface area contributed by atoms with E-state index in [1.54, 1.807) is 11.3 Å². The van der Waals surface area contributed by atoms with E-state index in [0.717, 1.165) is 49.4 Å². The average Bonchev–Trinajstić information content (AvgIpc) is 3.70. The molecule has 46 heavy (non-hydrogen) atoms. The van der Waals surface area contributed by atoms with Crippen LogP contribution in [0.25, 0.3) is 97.8 Å². The van der Waals surface area contributed by atoms with Gasteiger partial charge in [0.2, 0.25) is 0 Å². The first-order valence-corrected chi connectivity index (χ1v) is 16.1. The number of benzene rings is 7. The number of hydrogen-bond donors (Lipinski definition) is 0. The van der Waals surface area contributed by atoms with Gasteiger partial charge in [0.25, 0.3) is 0 Å². The van der Waals surface area contributed by atoms with Crippen molar-refractivity contribution in [2.45, 2.75) is 0 Å². The molecule has 0 unspecified atom stereocenters. The molecule has 0 spiro atoms. The summed E-state index contributed by atoms with van der Waals surface area (Å²) in [6.07, 6.45) is 0. The molecule has 10 rings (SSSR count). The second kappa shape index (κ2) is 9.80. The molecule has 0 aliphatic heterocycles. The summed E-state index contributed by atoms with van der Waals surface area (Å²) in [5.74, 6) is 1.89. The molecule has 0 aliphatic carbocycles. The summed E-state index contributed by atoms with van der Waals surface area (Å²) in [6, 6.07) is 48.5. The summed E-state index contributed by atoms with van der Waals surface area (Å²) in [5, 5.41) is 9.14. The first-order chi connectivity index (χ1) is 22.8. The molecule has 0 amide bonds. The molecular formula is C41H23N3OS. The molecule has 0 atom stereocenters. The normalized spacial score (nSPS) is 11.9. The van der Waals surface area contributed by atoms with Gasteiger partial charge in [-0.2, -0.15) is 0 Å².